The van der Waals surface area contributed by atoms with Gasteiger partial charge in [-0.15, -0.1) is 0 Å². The second-order valence-corrected chi connectivity index (χ2v) is 7.48. The van der Waals surface area contributed by atoms with Gasteiger partial charge in [-0.25, -0.2) is 0 Å². The first kappa shape index (κ1) is 17.5. The zero-order chi connectivity index (χ0) is 17.2. The molecular formula is C18H25ClN2O3. The summed E-state index contributed by atoms with van der Waals surface area (Å²) in [5, 5.41) is 0.698. The molecule has 3 rings (SSSR count). The number of likely N-dealkylation sites (tertiary alicyclic amines) is 1. The molecular weight excluding hydrogens is 328 g/mol. The highest BCUT2D eigenvalue weighted by atomic mass is 35.5. The average molecular weight is 353 g/mol. The smallest absolute Gasteiger partial charge is 0.236 e. The number of carbonyl (C=O) groups excluding carboxylic acids is 1. The van der Waals surface area contributed by atoms with E-state index in [-0.39, 0.29) is 17.6 Å². The molecule has 6 heteroatoms. The second kappa shape index (κ2) is 7.30. The van der Waals surface area contributed by atoms with Crippen LogP contribution in [0.5, 0.6) is 5.75 Å². The first-order chi connectivity index (χ1) is 11.5. The topological polar surface area (TPSA) is 42.0 Å². The Kier molecular flexibility index (Phi) is 5.33. The largest absolute Gasteiger partial charge is 0.488 e. The quantitative estimate of drug-likeness (QED) is 0.834. The molecule has 2 heterocycles. The molecule has 1 aromatic carbocycles. The maximum atomic E-state index is 12.3. The number of hydrogen-bond acceptors (Lipinski definition) is 4. The van der Waals surface area contributed by atoms with E-state index in [1.165, 1.54) is 0 Å². The Morgan fingerprint density at radius 2 is 2.17 bits per heavy atom. The Hall–Kier alpha value is -1.30. The van der Waals surface area contributed by atoms with Crippen LogP contribution in [0.1, 0.15) is 19.3 Å². The van der Waals surface area contributed by atoms with Crippen molar-refractivity contribution in [3.8, 4) is 5.75 Å². The van der Waals surface area contributed by atoms with Crippen LogP contribution in [0.25, 0.3) is 0 Å². The predicted molar refractivity (Wildman–Crippen MR) is 93.5 cm³/mol. The van der Waals surface area contributed by atoms with Gasteiger partial charge in [0.1, 0.15) is 11.9 Å². The van der Waals surface area contributed by atoms with Gasteiger partial charge in [0.15, 0.2) is 0 Å². The lowest BCUT2D eigenvalue weighted by molar-refractivity contribution is -0.139. The van der Waals surface area contributed by atoms with E-state index < -0.39 is 0 Å². The summed E-state index contributed by atoms with van der Waals surface area (Å²) in [6.45, 7) is 2.50. The van der Waals surface area contributed by atoms with Gasteiger partial charge in [0, 0.05) is 24.5 Å². The molecule has 0 bridgehead atoms. The van der Waals surface area contributed by atoms with Gasteiger partial charge in [0.2, 0.25) is 5.91 Å². The van der Waals surface area contributed by atoms with Crippen LogP contribution in [0.15, 0.2) is 24.3 Å². The molecule has 1 aromatic rings. The SMILES string of the molecule is CN(C)CC(=O)N1CCC[C@@]2(C[C@@H](Oc3ccc(Cl)cc3)CO2)C1. The second-order valence-electron chi connectivity index (χ2n) is 7.05. The number of rotatable bonds is 4. The fourth-order valence-electron chi connectivity index (χ4n) is 3.55. The minimum Gasteiger partial charge on any atom is -0.488 e. The number of nitrogens with zero attached hydrogens (tertiary/aromatic N) is 2. The van der Waals surface area contributed by atoms with Crippen molar-refractivity contribution in [3.63, 3.8) is 0 Å². The Balaban J connectivity index is 1.58. The molecule has 2 atom stereocenters. The number of benzene rings is 1. The summed E-state index contributed by atoms with van der Waals surface area (Å²) in [5.41, 5.74) is -0.253. The van der Waals surface area contributed by atoms with Gasteiger partial charge < -0.3 is 19.3 Å². The van der Waals surface area contributed by atoms with Gasteiger partial charge in [-0.05, 0) is 51.2 Å². The van der Waals surface area contributed by atoms with Crippen molar-refractivity contribution in [3.05, 3.63) is 29.3 Å². The third kappa shape index (κ3) is 4.21. The van der Waals surface area contributed by atoms with Crippen LogP contribution < -0.4 is 4.74 Å². The van der Waals surface area contributed by atoms with Crippen molar-refractivity contribution >= 4 is 17.5 Å². The number of halogens is 1. The van der Waals surface area contributed by atoms with Gasteiger partial charge in [0.05, 0.1) is 18.8 Å². The van der Waals surface area contributed by atoms with Crippen molar-refractivity contribution in [2.75, 3.05) is 40.3 Å². The van der Waals surface area contributed by atoms with E-state index in [1.54, 1.807) is 0 Å². The van der Waals surface area contributed by atoms with Crippen molar-refractivity contribution < 1.29 is 14.3 Å². The Labute approximate surface area is 148 Å². The molecule has 2 saturated heterocycles. The van der Waals surface area contributed by atoms with Gasteiger partial charge >= 0.3 is 0 Å². The molecule has 24 heavy (non-hydrogen) atoms. The zero-order valence-corrected chi connectivity index (χ0v) is 15.1. The van der Waals surface area contributed by atoms with E-state index in [9.17, 15) is 4.79 Å². The number of ether oxygens (including phenoxy) is 2. The van der Waals surface area contributed by atoms with E-state index in [0.717, 1.165) is 31.6 Å². The average Bonchev–Trinajstić information content (AvgIpc) is 2.91. The minimum absolute atomic E-state index is 0.0232. The summed E-state index contributed by atoms with van der Waals surface area (Å²) in [7, 11) is 3.83. The number of hydrogen-bond donors (Lipinski definition) is 0. The maximum Gasteiger partial charge on any atom is 0.236 e. The molecule has 1 spiro atoms. The van der Waals surface area contributed by atoms with Crippen LogP contribution >= 0.6 is 11.6 Å². The Morgan fingerprint density at radius 1 is 1.42 bits per heavy atom. The number of amides is 1. The fourth-order valence-corrected chi connectivity index (χ4v) is 3.68. The normalized spacial score (nSPS) is 27.0. The van der Waals surface area contributed by atoms with Crippen LogP contribution in [0.2, 0.25) is 5.02 Å². The summed E-state index contributed by atoms with van der Waals surface area (Å²) >= 11 is 5.91. The highest BCUT2D eigenvalue weighted by molar-refractivity contribution is 6.30. The van der Waals surface area contributed by atoms with Crippen molar-refractivity contribution in [1.82, 2.24) is 9.80 Å². The van der Waals surface area contributed by atoms with Crippen LogP contribution in [0.4, 0.5) is 0 Å². The first-order valence-electron chi connectivity index (χ1n) is 8.44. The van der Waals surface area contributed by atoms with Gasteiger partial charge in [-0.3, -0.25) is 4.79 Å². The molecule has 0 unspecified atom stereocenters. The first-order valence-corrected chi connectivity index (χ1v) is 8.82. The molecule has 2 aliphatic rings. The highest BCUT2D eigenvalue weighted by Gasteiger charge is 2.45. The maximum absolute atomic E-state index is 12.3. The highest BCUT2D eigenvalue weighted by Crippen LogP contribution is 2.36. The van der Waals surface area contributed by atoms with Crippen LogP contribution in [-0.2, 0) is 9.53 Å². The summed E-state index contributed by atoms with van der Waals surface area (Å²) in [6.07, 6.45) is 2.81. The molecule has 0 N–H and O–H groups in total. The molecule has 0 radical (unpaired) electrons. The molecule has 132 valence electrons. The molecule has 0 aromatic heterocycles. The molecule has 2 aliphatic heterocycles. The van der Waals surface area contributed by atoms with Gasteiger partial charge in [-0.2, -0.15) is 0 Å². The van der Waals surface area contributed by atoms with Crippen molar-refractivity contribution in [2.24, 2.45) is 0 Å². The van der Waals surface area contributed by atoms with Gasteiger partial charge in [0.25, 0.3) is 0 Å². The summed E-state index contributed by atoms with van der Waals surface area (Å²) in [4.78, 5) is 16.2. The molecule has 5 nitrogen and oxygen atoms in total. The number of likely N-dealkylation sites (N-methyl/N-ethyl adjacent to an activating group) is 1. The summed E-state index contributed by atoms with van der Waals surface area (Å²) in [6, 6.07) is 7.40. The lowest BCUT2D eigenvalue weighted by Gasteiger charge is -2.40. The van der Waals surface area contributed by atoms with Crippen LogP contribution in [-0.4, -0.2) is 67.7 Å². The molecule has 0 saturated carbocycles. The third-order valence-electron chi connectivity index (χ3n) is 4.64. The van der Waals surface area contributed by atoms with Crippen molar-refractivity contribution in [1.29, 1.82) is 0 Å². The Morgan fingerprint density at radius 3 is 2.88 bits per heavy atom. The minimum atomic E-state index is -0.253. The van der Waals surface area contributed by atoms with E-state index in [0.29, 0.717) is 24.7 Å². The van der Waals surface area contributed by atoms with E-state index in [4.69, 9.17) is 21.1 Å². The predicted octanol–water partition coefficient (Wildman–Crippen LogP) is 2.43. The van der Waals surface area contributed by atoms with E-state index in [2.05, 4.69) is 0 Å². The zero-order valence-electron chi connectivity index (χ0n) is 14.3. The van der Waals surface area contributed by atoms with Crippen LogP contribution in [0.3, 0.4) is 0 Å². The van der Waals surface area contributed by atoms with Gasteiger partial charge in [-0.1, -0.05) is 11.6 Å². The standard InChI is InChI=1S/C18H25ClN2O3/c1-20(2)11-17(22)21-9-3-8-18(13-21)10-16(12-23-18)24-15-6-4-14(19)5-7-15/h4-7,16H,3,8-13H2,1-2H3/t16-,18-/m1/s1. The molecule has 2 fully saturated rings. The summed E-state index contributed by atoms with van der Waals surface area (Å²) in [5.74, 6) is 0.978. The monoisotopic (exact) mass is 352 g/mol. The van der Waals surface area contributed by atoms with E-state index >= 15 is 0 Å². The van der Waals surface area contributed by atoms with E-state index in [1.807, 2.05) is 48.2 Å². The van der Waals surface area contributed by atoms with Crippen molar-refractivity contribution in [2.45, 2.75) is 31.0 Å². The summed E-state index contributed by atoms with van der Waals surface area (Å²) < 4.78 is 12.1. The lowest BCUT2D eigenvalue weighted by Crippen LogP contribution is -2.52. The third-order valence-corrected chi connectivity index (χ3v) is 4.89. The number of piperidine rings is 1. The molecule has 0 aliphatic carbocycles. The van der Waals surface area contributed by atoms with Crippen LogP contribution in [0, 0.1) is 0 Å². The molecule has 1 amide bonds. The number of carbonyl (C=O) groups is 1. The lowest BCUT2D eigenvalue weighted by atomic mass is 9.89. The Bertz CT molecular complexity index is 578. The fraction of sp³-hybridized carbons (Fsp3) is 0.611.